The lowest BCUT2D eigenvalue weighted by Gasteiger charge is -2.27. The molecule has 1 fully saturated rings. The Hall–Kier alpha value is -1.40. The zero-order chi connectivity index (χ0) is 14.5. The van der Waals surface area contributed by atoms with E-state index >= 15 is 0 Å². The van der Waals surface area contributed by atoms with Crippen LogP contribution in [-0.2, 0) is 16.1 Å². The van der Waals surface area contributed by atoms with Gasteiger partial charge in [-0.05, 0) is 37.1 Å². The van der Waals surface area contributed by atoms with Crippen LogP contribution < -0.4 is 16.4 Å². The van der Waals surface area contributed by atoms with E-state index in [1.54, 1.807) is 11.3 Å². The van der Waals surface area contributed by atoms with Gasteiger partial charge in [0.25, 0.3) is 0 Å². The topological polar surface area (TPSA) is 84.2 Å². The fourth-order valence-corrected chi connectivity index (χ4v) is 3.38. The number of primary amides is 1. The number of hydrogen-bond acceptors (Lipinski definition) is 4. The molecule has 0 unspecified atom stereocenters. The molecule has 110 valence electrons. The summed E-state index contributed by atoms with van der Waals surface area (Å²) in [5, 5.41) is 8.32. The molecular weight excluding hydrogens is 274 g/mol. The molecule has 2 amide bonds. The molecule has 1 heterocycles. The molecule has 0 bridgehead atoms. The van der Waals surface area contributed by atoms with Crippen molar-refractivity contribution in [2.75, 3.05) is 5.32 Å². The maximum atomic E-state index is 11.1. The van der Waals surface area contributed by atoms with Crippen LogP contribution in [0.4, 0.5) is 5.69 Å². The molecule has 4 N–H and O–H groups in total. The van der Waals surface area contributed by atoms with Crippen molar-refractivity contribution >= 4 is 28.8 Å². The average Bonchev–Trinajstić information content (AvgIpc) is 2.83. The van der Waals surface area contributed by atoms with Crippen molar-refractivity contribution in [3.63, 3.8) is 0 Å². The Morgan fingerprint density at radius 1 is 1.35 bits per heavy atom. The van der Waals surface area contributed by atoms with Gasteiger partial charge < -0.3 is 16.4 Å². The van der Waals surface area contributed by atoms with Gasteiger partial charge >= 0.3 is 0 Å². The highest BCUT2D eigenvalue weighted by Crippen LogP contribution is 2.26. The predicted octanol–water partition coefficient (Wildman–Crippen LogP) is 1.84. The molecule has 1 aliphatic carbocycles. The first-order valence-corrected chi connectivity index (χ1v) is 7.81. The number of nitrogens with two attached hydrogens (primary N) is 1. The summed E-state index contributed by atoms with van der Waals surface area (Å²) in [5.41, 5.74) is 6.22. The smallest absolute Gasteiger partial charge is 0.221 e. The van der Waals surface area contributed by atoms with Gasteiger partial charge in [0, 0.05) is 30.3 Å². The summed E-state index contributed by atoms with van der Waals surface area (Å²) in [6.45, 7) is 2.26. The van der Waals surface area contributed by atoms with Crippen LogP contribution in [0.3, 0.4) is 0 Å². The summed E-state index contributed by atoms with van der Waals surface area (Å²) in [7, 11) is 0. The average molecular weight is 295 g/mol. The quantitative estimate of drug-likeness (QED) is 0.775. The molecule has 0 atom stereocenters. The molecule has 0 radical (unpaired) electrons. The lowest BCUT2D eigenvalue weighted by molar-refractivity contribution is -0.122. The Morgan fingerprint density at radius 2 is 2.05 bits per heavy atom. The predicted molar refractivity (Wildman–Crippen MR) is 80.4 cm³/mol. The summed E-state index contributed by atoms with van der Waals surface area (Å²) in [6, 6.07) is 2.35. The van der Waals surface area contributed by atoms with Gasteiger partial charge in [0.15, 0.2) is 0 Å². The first kappa shape index (κ1) is 15.0. The molecule has 20 heavy (non-hydrogen) atoms. The first-order valence-electron chi connectivity index (χ1n) is 6.93. The van der Waals surface area contributed by atoms with Crippen LogP contribution in [0, 0.1) is 5.92 Å². The normalized spacial score (nSPS) is 22.4. The Bertz CT molecular complexity index is 479. The molecule has 0 aliphatic heterocycles. The third kappa shape index (κ3) is 4.05. The van der Waals surface area contributed by atoms with Gasteiger partial charge in [-0.2, -0.15) is 0 Å². The van der Waals surface area contributed by atoms with E-state index in [4.69, 9.17) is 5.73 Å². The Kier molecular flexibility index (Phi) is 5.14. The highest BCUT2D eigenvalue weighted by Gasteiger charge is 2.24. The van der Waals surface area contributed by atoms with Crippen LogP contribution >= 0.6 is 11.3 Å². The minimum atomic E-state index is -0.172. The highest BCUT2D eigenvalue weighted by molar-refractivity contribution is 7.10. The molecule has 1 aromatic heterocycles. The number of anilines is 1. The number of nitrogens with one attached hydrogen (secondary N) is 2. The summed E-state index contributed by atoms with van der Waals surface area (Å²) in [6.07, 6.45) is 3.70. The molecule has 0 saturated heterocycles. The SMILES string of the molecule is CC(=O)Nc1ccsc1CNC1CCC(C(N)=O)CC1. The largest absolute Gasteiger partial charge is 0.369 e. The summed E-state index contributed by atoms with van der Waals surface area (Å²) >= 11 is 1.63. The number of carbonyl (C=O) groups is 2. The molecular formula is C14H21N3O2S. The second-order valence-corrected chi connectivity index (χ2v) is 6.27. The van der Waals surface area contributed by atoms with Gasteiger partial charge in [0.1, 0.15) is 0 Å². The van der Waals surface area contributed by atoms with Crippen LogP contribution in [0.2, 0.25) is 0 Å². The van der Waals surface area contributed by atoms with E-state index in [1.807, 2.05) is 11.4 Å². The van der Waals surface area contributed by atoms with E-state index in [2.05, 4.69) is 10.6 Å². The van der Waals surface area contributed by atoms with Gasteiger partial charge in [0.05, 0.1) is 5.69 Å². The van der Waals surface area contributed by atoms with Gasteiger partial charge in [-0.3, -0.25) is 9.59 Å². The molecule has 1 saturated carbocycles. The number of carbonyl (C=O) groups excluding carboxylic acids is 2. The zero-order valence-corrected chi connectivity index (χ0v) is 12.5. The van der Waals surface area contributed by atoms with Crippen molar-refractivity contribution in [1.82, 2.24) is 5.32 Å². The van der Waals surface area contributed by atoms with E-state index in [0.29, 0.717) is 6.04 Å². The van der Waals surface area contributed by atoms with Crippen molar-refractivity contribution in [2.24, 2.45) is 11.7 Å². The Morgan fingerprint density at radius 3 is 2.65 bits per heavy atom. The zero-order valence-electron chi connectivity index (χ0n) is 11.6. The Labute approximate surface area is 122 Å². The molecule has 1 aliphatic rings. The van der Waals surface area contributed by atoms with E-state index in [9.17, 15) is 9.59 Å². The van der Waals surface area contributed by atoms with Gasteiger partial charge in [-0.15, -0.1) is 11.3 Å². The highest BCUT2D eigenvalue weighted by atomic mass is 32.1. The number of rotatable bonds is 5. The third-order valence-electron chi connectivity index (χ3n) is 3.74. The maximum Gasteiger partial charge on any atom is 0.221 e. The summed E-state index contributed by atoms with van der Waals surface area (Å²) in [5.74, 6) is -0.175. The second kappa shape index (κ2) is 6.85. The fraction of sp³-hybridized carbons (Fsp3) is 0.571. The molecule has 5 nitrogen and oxygen atoms in total. The van der Waals surface area contributed by atoms with E-state index in [-0.39, 0.29) is 17.7 Å². The van der Waals surface area contributed by atoms with Crippen molar-refractivity contribution in [3.8, 4) is 0 Å². The van der Waals surface area contributed by atoms with Crippen LogP contribution in [0.5, 0.6) is 0 Å². The minimum Gasteiger partial charge on any atom is -0.369 e. The second-order valence-electron chi connectivity index (χ2n) is 5.27. The number of hydrogen-bond donors (Lipinski definition) is 3. The van der Waals surface area contributed by atoms with Gasteiger partial charge in [0.2, 0.25) is 11.8 Å². The minimum absolute atomic E-state index is 0.0460. The van der Waals surface area contributed by atoms with Gasteiger partial charge in [-0.1, -0.05) is 0 Å². The van der Waals surface area contributed by atoms with E-state index in [0.717, 1.165) is 42.8 Å². The first-order chi connectivity index (χ1) is 9.56. The molecule has 1 aromatic rings. The Balaban J connectivity index is 1.80. The molecule has 0 spiro atoms. The number of thiophene rings is 1. The maximum absolute atomic E-state index is 11.1. The third-order valence-corrected chi connectivity index (χ3v) is 4.66. The number of amides is 2. The van der Waals surface area contributed by atoms with Gasteiger partial charge in [-0.25, -0.2) is 0 Å². The van der Waals surface area contributed by atoms with Crippen LogP contribution in [0.15, 0.2) is 11.4 Å². The van der Waals surface area contributed by atoms with Crippen molar-refractivity contribution in [1.29, 1.82) is 0 Å². The van der Waals surface area contributed by atoms with Crippen molar-refractivity contribution in [2.45, 2.75) is 45.2 Å². The molecule has 2 rings (SSSR count). The van der Waals surface area contributed by atoms with E-state index in [1.165, 1.54) is 6.92 Å². The molecule has 0 aromatic carbocycles. The lowest BCUT2D eigenvalue weighted by atomic mass is 9.85. The monoisotopic (exact) mass is 295 g/mol. The van der Waals surface area contributed by atoms with Crippen LogP contribution in [0.25, 0.3) is 0 Å². The van der Waals surface area contributed by atoms with Crippen LogP contribution in [0.1, 0.15) is 37.5 Å². The fourth-order valence-electron chi connectivity index (χ4n) is 2.60. The standard InChI is InChI=1S/C14H21N3O2S/c1-9(18)17-12-6-7-20-13(12)8-16-11-4-2-10(3-5-11)14(15)19/h6-7,10-11,16H,2-5,8H2,1H3,(H2,15,19)(H,17,18). The summed E-state index contributed by atoms with van der Waals surface area (Å²) in [4.78, 5) is 23.4. The molecule has 6 heteroatoms. The summed E-state index contributed by atoms with van der Waals surface area (Å²) < 4.78 is 0. The van der Waals surface area contributed by atoms with E-state index < -0.39 is 0 Å². The van der Waals surface area contributed by atoms with Crippen LogP contribution in [-0.4, -0.2) is 17.9 Å². The lowest BCUT2D eigenvalue weighted by Crippen LogP contribution is -2.36. The van der Waals surface area contributed by atoms with Crippen molar-refractivity contribution < 1.29 is 9.59 Å². The van der Waals surface area contributed by atoms with Crippen molar-refractivity contribution in [3.05, 3.63) is 16.3 Å².